The molecule has 0 radical (unpaired) electrons. The Hall–Kier alpha value is -2.95. The number of nitro groups is 1. The SMILES string of the molecule is CC[C@H]1CC=C[C@@H]2[C@@H]1C(=O)N(Cc1ccccc1)[C@H]2c1cccc([N+](=O)[O-])c1. The maximum atomic E-state index is 13.5. The van der Waals surface area contributed by atoms with Crippen molar-refractivity contribution in [3.63, 3.8) is 0 Å². The molecular formula is C23H24N2O3. The largest absolute Gasteiger partial charge is 0.330 e. The molecule has 4 rings (SSSR count). The quantitative estimate of drug-likeness (QED) is 0.424. The van der Waals surface area contributed by atoms with Gasteiger partial charge in [0.25, 0.3) is 5.69 Å². The van der Waals surface area contributed by atoms with E-state index in [1.54, 1.807) is 12.1 Å². The zero-order chi connectivity index (χ0) is 19.7. The third kappa shape index (κ3) is 3.21. The fourth-order valence-electron chi connectivity index (χ4n) is 4.80. The summed E-state index contributed by atoms with van der Waals surface area (Å²) in [6.07, 6.45) is 6.21. The number of allylic oxidation sites excluding steroid dienone is 1. The lowest BCUT2D eigenvalue weighted by atomic mass is 9.73. The highest BCUT2D eigenvalue weighted by atomic mass is 16.6. The van der Waals surface area contributed by atoms with E-state index in [2.05, 4.69) is 19.1 Å². The van der Waals surface area contributed by atoms with Gasteiger partial charge in [0, 0.05) is 30.5 Å². The number of carbonyl (C=O) groups excluding carboxylic acids is 1. The lowest BCUT2D eigenvalue weighted by Gasteiger charge is -2.30. The standard InChI is InChI=1S/C23H24N2O3/c1-2-17-10-7-13-20-21(17)23(26)24(15-16-8-4-3-5-9-16)22(20)18-11-6-12-19(14-18)25(27)28/h3-9,11-14,17,20-22H,2,10,15H2,1H3/t17-,20+,21+,22-/m0/s1. The van der Waals surface area contributed by atoms with Gasteiger partial charge in [-0.1, -0.05) is 68.0 Å². The lowest BCUT2D eigenvalue weighted by molar-refractivity contribution is -0.385. The Balaban J connectivity index is 1.77. The number of benzene rings is 2. The van der Waals surface area contributed by atoms with E-state index >= 15 is 0 Å². The molecule has 1 fully saturated rings. The summed E-state index contributed by atoms with van der Waals surface area (Å²) in [6.45, 7) is 2.65. The summed E-state index contributed by atoms with van der Waals surface area (Å²) in [6, 6.07) is 16.5. The molecule has 28 heavy (non-hydrogen) atoms. The van der Waals surface area contributed by atoms with Crippen molar-refractivity contribution in [2.24, 2.45) is 17.8 Å². The summed E-state index contributed by atoms with van der Waals surface area (Å²) < 4.78 is 0. The number of fused-ring (bicyclic) bond motifs is 1. The van der Waals surface area contributed by atoms with Crippen molar-refractivity contribution in [3.8, 4) is 0 Å². The highest BCUT2D eigenvalue weighted by Gasteiger charge is 2.50. The molecule has 5 heteroatoms. The summed E-state index contributed by atoms with van der Waals surface area (Å²) >= 11 is 0. The van der Waals surface area contributed by atoms with Crippen molar-refractivity contribution in [2.75, 3.05) is 0 Å². The van der Waals surface area contributed by atoms with E-state index in [1.807, 2.05) is 41.3 Å². The molecule has 2 aromatic carbocycles. The molecule has 4 atom stereocenters. The van der Waals surface area contributed by atoms with Crippen molar-refractivity contribution in [3.05, 3.63) is 88.0 Å². The minimum absolute atomic E-state index is 0.0527. The third-order valence-corrected chi connectivity index (χ3v) is 6.13. The van der Waals surface area contributed by atoms with Crippen LogP contribution in [0.1, 0.15) is 36.9 Å². The summed E-state index contributed by atoms with van der Waals surface area (Å²) in [7, 11) is 0. The second-order valence-electron chi connectivity index (χ2n) is 7.68. The molecule has 1 heterocycles. The van der Waals surface area contributed by atoms with Crippen LogP contribution in [0, 0.1) is 27.9 Å². The Bertz CT molecular complexity index is 909. The van der Waals surface area contributed by atoms with Gasteiger partial charge in [0.2, 0.25) is 5.91 Å². The maximum Gasteiger partial charge on any atom is 0.269 e. The molecule has 0 aromatic heterocycles. The molecule has 1 aliphatic heterocycles. The third-order valence-electron chi connectivity index (χ3n) is 6.13. The molecule has 1 aliphatic carbocycles. The van der Waals surface area contributed by atoms with E-state index in [1.165, 1.54) is 6.07 Å². The predicted molar refractivity (Wildman–Crippen MR) is 107 cm³/mol. The number of nitrogens with zero attached hydrogens (tertiary/aromatic N) is 2. The second-order valence-corrected chi connectivity index (χ2v) is 7.68. The van der Waals surface area contributed by atoms with Crippen LogP contribution in [-0.2, 0) is 11.3 Å². The minimum Gasteiger partial charge on any atom is -0.330 e. The van der Waals surface area contributed by atoms with Crippen LogP contribution in [0.5, 0.6) is 0 Å². The molecule has 1 saturated heterocycles. The molecule has 0 bridgehead atoms. The van der Waals surface area contributed by atoms with Crippen LogP contribution in [0.2, 0.25) is 0 Å². The fourth-order valence-corrected chi connectivity index (χ4v) is 4.80. The van der Waals surface area contributed by atoms with E-state index in [9.17, 15) is 14.9 Å². The van der Waals surface area contributed by atoms with Crippen molar-refractivity contribution in [1.82, 2.24) is 4.90 Å². The predicted octanol–water partition coefficient (Wildman–Crippen LogP) is 4.90. The zero-order valence-electron chi connectivity index (χ0n) is 15.9. The summed E-state index contributed by atoms with van der Waals surface area (Å²) in [5, 5.41) is 11.3. The number of likely N-dealkylation sites (tertiary alicyclic amines) is 1. The maximum absolute atomic E-state index is 13.5. The number of carbonyl (C=O) groups is 1. The Morgan fingerprint density at radius 3 is 2.64 bits per heavy atom. The first kappa shape index (κ1) is 18.4. The van der Waals surface area contributed by atoms with E-state index < -0.39 is 0 Å². The minimum atomic E-state index is -0.370. The molecule has 2 aliphatic rings. The van der Waals surface area contributed by atoms with Gasteiger partial charge in [-0.25, -0.2) is 0 Å². The molecule has 0 unspecified atom stereocenters. The van der Waals surface area contributed by atoms with Crippen LogP contribution < -0.4 is 0 Å². The molecule has 1 amide bonds. The topological polar surface area (TPSA) is 63.5 Å². The Kier molecular flexibility index (Phi) is 4.99. The van der Waals surface area contributed by atoms with Gasteiger partial charge in [-0.05, 0) is 23.5 Å². The average Bonchev–Trinajstić information content (AvgIpc) is 3.00. The van der Waals surface area contributed by atoms with E-state index in [0.29, 0.717) is 12.5 Å². The first-order valence-corrected chi connectivity index (χ1v) is 9.85. The number of hydrogen-bond donors (Lipinski definition) is 0. The molecule has 0 saturated carbocycles. The molecule has 2 aromatic rings. The zero-order valence-corrected chi connectivity index (χ0v) is 15.9. The number of nitro benzene ring substituents is 1. The van der Waals surface area contributed by atoms with Gasteiger partial charge in [0.15, 0.2) is 0 Å². The van der Waals surface area contributed by atoms with Crippen LogP contribution in [-0.4, -0.2) is 15.7 Å². The smallest absolute Gasteiger partial charge is 0.269 e. The second kappa shape index (κ2) is 7.58. The fraction of sp³-hybridized carbons (Fsp3) is 0.348. The number of rotatable bonds is 5. The highest BCUT2D eigenvalue weighted by Crippen LogP contribution is 2.50. The van der Waals surface area contributed by atoms with Crippen LogP contribution in [0.3, 0.4) is 0 Å². The Morgan fingerprint density at radius 1 is 1.14 bits per heavy atom. The van der Waals surface area contributed by atoms with Gasteiger partial charge in [-0.2, -0.15) is 0 Å². The van der Waals surface area contributed by atoms with Crippen molar-refractivity contribution in [2.45, 2.75) is 32.4 Å². The van der Waals surface area contributed by atoms with Gasteiger partial charge in [0.05, 0.1) is 11.0 Å². The first-order chi connectivity index (χ1) is 13.6. The molecule has 0 N–H and O–H groups in total. The molecular weight excluding hydrogens is 352 g/mol. The van der Waals surface area contributed by atoms with E-state index in [4.69, 9.17) is 0 Å². The lowest BCUT2D eigenvalue weighted by Crippen LogP contribution is -2.31. The average molecular weight is 376 g/mol. The van der Waals surface area contributed by atoms with Crippen molar-refractivity contribution < 1.29 is 9.72 Å². The van der Waals surface area contributed by atoms with Crippen LogP contribution in [0.25, 0.3) is 0 Å². The normalized spacial score (nSPS) is 26.3. The number of hydrogen-bond acceptors (Lipinski definition) is 3. The highest BCUT2D eigenvalue weighted by molar-refractivity contribution is 5.83. The van der Waals surface area contributed by atoms with Crippen LogP contribution in [0.15, 0.2) is 66.7 Å². The van der Waals surface area contributed by atoms with Crippen LogP contribution in [0.4, 0.5) is 5.69 Å². The molecule has 5 nitrogen and oxygen atoms in total. The summed E-state index contributed by atoms with van der Waals surface area (Å²) in [4.78, 5) is 26.3. The molecule has 144 valence electrons. The number of non-ortho nitro benzene ring substituents is 1. The number of amides is 1. The monoisotopic (exact) mass is 376 g/mol. The van der Waals surface area contributed by atoms with Gasteiger partial charge in [0.1, 0.15) is 0 Å². The van der Waals surface area contributed by atoms with Gasteiger partial charge < -0.3 is 4.90 Å². The molecule has 0 spiro atoms. The van der Waals surface area contributed by atoms with Gasteiger partial charge in [-0.3, -0.25) is 14.9 Å². The Morgan fingerprint density at radius 2 is 1.93 bits per heavy atom. The summed E-state index contributed by atoms with van der Waals surface area (Å²) in [5.74, 6) is 0.492. The summed E-state index contributed by atoms with van der Waals surface area (Å²) in [5.41, 5.74) is 1.98. The van der Waals surface area contributed by atoms with Crippen molar-refractivity contribution >= 4 is 11.6 Å². The first-order valence-electron chi connectivity index (χ1n) is 9.85. The van der Waals surface area contributed by atoms with Crippen LogP contribution >= 0.6 is 0 Å². The Labute approximate surface area is 164 Å². The van der Waals surface area contributed by atoms with E-state index in [-0.39, 0.29) is 34.4 Å². The van der Waals surface area contributed by atoms with Gasteiger partial charge >= 0.3 is 0 Å². The van der Waals surface area contributed by atoms with Gasteiger partial charge in [-0.15, -0.1) is 0 Å². The van der Waals surface area contributed by atoms with E-state index in [0.717, 1.165) is 24.0 Å². The van der Waals surface area contributed by atoms with Crippen molar-refractivity contribution in [1.29, 1.82) is 0 Å².